The molecule has 0 fully saturated rings. The van der Waals surface area contributed by atoms with Crippen molar-refractivity contribution in [3.05, 3.63) is 35.4 Å². The summed E-state index contributed by atoms with van der Waals surface area (Å²) in [6.45, 7) is 1.89. The molecule has 1 rings (SSSR count). The highest BCUT2D eigenvalue weighted by Crippen LogP contribution is 2.14. The third kappa shape index (κ3) is 9.46. The Bertz CT molecular complexity index is 391. The summed E-state index contributed by atoms with van der Waals surface area (Å²) < 4.78 is 0. The molecule has 0 spiro atoms. The maximum Gasteiger partial charge on any atom is 0.0633 e. The molecular weight excluding hydrogens is 354 g/mol. The van der Waals surface area contributed by atoms with Crippen molar-refractivity contribution in [2.75, 3.05) is 13.2 Å². The summed E-state index contributed by atoms with van der Waals surface area (Å²) in [5.41, 5.74) is 7.63. The van der Waals surface area contributed by atoms with E-state index < -0.39 is 5.54 Å². The van der Waals surface area contributed by atoms with Crippen molar-refractivity contribution in [2.45, 2.75) is 70.3 Å². The Morgan fingerprint density at radius 2 is 1.30 bits per heavy atom. The summed E-state index contributed by atoms with van der Waals surface area (Å²) in [5, 5.41) is 18.4. The normalized spacial score (nSPS) is 11.3. The molecule has 0 aromatic heterocycles. The molecule has 3 nitrogen and oxygen atoms in total. The van der Waals surface area contributed by atoms with Crippen LogP contribution in [0.4, 0.5) is 0 Å². The number of aliphatic hydroxyl groups is 2. The summed E-state index contributed by atoms with van der Waals surface area (Å²) in [6, 6.07) is 8.66. The molecule has 0 unspecified atom stereocenters. The van der Waals surface area contributed by atoms with E-state index in [2.05, 4.69) is 31.2 Å². The Hall–Kier alpha value is -0.420. The van der Waals surface area contributed by atoms with Gasteiger partial charge in [-0.15, -0.1) is 17.0 Å². The predicted molar refractivity (Wildman–Crippen MR) is 103 cm³/mol. The SMILES string of the molecule is Br.CCCCCCCCc1ccc(CCC(N)(CO)CO)cc1. The monoisotopic (exact) mass is 387 g/mol. The van der Waals surface area contributed by atoms with Crippen LogP contribution >= 0.6 is 17.0 Å². The number of rotatable bonds is 12. The zero-order valence-electron chi connectivity index (χ0n) is 14.5. The first-order valence-corrected chi connectivity index (χ1v) is 8.72. The molecule has 23 heavy (non-hydrogen) atoms. The van der Waals surface area contributed by atoms with Crippen LogP contribution in [-0.2, 0) is 12.8 Å². The van der Waals surface area contributed by atoms with Crippen LogP contribution in [0.25, 0.3) is 0 Å². The first kappa shape index (κ1) is 22.6. The topological polar surface area (TPSA) is 66.5 Å². The second-order valence-corrected chi connectivity index (χ2v) is 6.51. The van der Waals surface area contributed by atoms with Crippen LogP contribution in [0.3, 0.4) is 0 Å². The lowest BCUT2D eigenvalue weighted by Crippen LogP contribution is -2.47. The van der Waals surface area contributed by atoms with Gasteiger partial charge in [-0.05, 0) is 36.8 Å². The molecule has 0 heterocycles. The highest BCUT2D eigenvalue weighted by molar-refractivity contribution is 8.93. The molecule has 0 amide bonds. The molecule has 1 aromatic rings. The molecule has 0 radical (unpaired) electrons. The second-order valence-electron chi connectivity index (χ2n) is 6.51. The van der Waals surface area contributed by atoms with E-state index in [-0.39, 0.29) is 30.2 Å². The third-order valence-corrected chi connectivity index (χ3v) is 4.38. The van der Waals surface area contributed by atoms with Gasteiger partial charge in [0.1, 0.15) is 0 Å². The molecule has 134 valence electrons. The van der Waals surface area contributed by atoms with Gasteiger partial charge in [-0.2, -0.15) is 0 Å². The number of hydrogen-bond acceptors (Lipinski definition) is 3. The fraction of sp³-hybridized carbons (Fsp3) is 0.684. The Kier molecular flexibility index (Phi) is 12.7. The fourth-order valence-corrected chi connectivity index (χ4v) is 2.58. The van der Waals surface area contributed by atoms with Crippen molar-refractivity contribution in [3.8, 4) is 0 Å². The molecule has 0 saturated heterocycles. The lowest BCUT2D eigenvalue weighted by Gasteiger charge is -2.24. The van der Waals surface area contributed by atoms with Crippen molar-refractivity contribution in [1.29, 1.82) is 0 Å². The van der Waals surface area contributed by atoms with Crippen LogP contribution in [0, 0.1) is 0 Å². The highest BCUT2D eigenvalue weighted by atomic mass is 79.9. The van der Waals surface area contributed by atoms with Gasteiger partial charge in [0, 0.05) is 0 Å². The van der Waals surface area contributed by atoms with Gasteiger partial charge in [-0.25, -0.2) is 0 Å². The lowest BCUT2D eigenvalue weighted by molar-refractivity contribution is 0.115. The molecule has 4 N–H and O–H groups in total. The van der Waals surface area contributed by atoms with Crippen LogP contribution in [0.5, 0.6) is 0 Å². The van der Waals surface area contributed by atoms with Gasteiger partial charge in [-0.3, -0.25) is 0 Å². The Morgan fingerprint density at radius 1 is 0.826 bits per heavy atom. The zero-order chi connectivity index (χ0) is 16.3. The van der Waals surface area contributed by atoms with Crippen molar-refractivity contribution < 1.29 is 10.2 Å². The fourth-order valence-electron chi connectivity index (χ4n) is 2.58. The second kappa shape index (κ2) is 12.9. The summed E-state index contributed by atoms with van der Waals surface area (Å²) in [5.74, 6) is 0. The van der Waals surface area contributed by atoms with Gasteiger partial charge in [0.05, 0.1) is 18.8 Å². The predicted octanol–water partition coefficient (Wildman–Crippen LogP) is 3.78. The first-order valence-electron chi connectivity index (χ1n) is 8.72. The number of aliphatic hydroxyl groups excluding tert-OH is 2. The Morgan fingerprint density at radius 3 is 1.83 bits per heavy atom. The Balaban J connectivity index is 0.00000484. The smallest absolute Gasteiger partial charge is 0.0633 e. The molecule has 0 aliphatic rings. The zero-order valence-corrected chi connectivity index (χ0v) is 16.2. The largest absolute Gasteiger partial charge is 0.394 e. The number of hydrogen-bond donors (Lipinski definition) is 3. The number of benzene rings is 1. The van der Waals surface area contributed by atoms with Gasteiger partial charge < -0.3 is 15.9 Å². The van der Waals surface area contributed by atoms with Crippen molar-refractivity contribution in [1.82, 2.24) is 0 Å². The number of nitrogens with two attached hydrogens (primary N) is 1. The highest BCUT2D eigenvalue weighted by Gasteiger charge is 2.22. The van der Waals surface area contributed by atoms with E-state index in [1.165, 1.54) is 49.7 Å². The molecule has 4 heteroatoms. The minimum Gasteiger partial charge on any atom is -0.394 e. The third-order valence-electron chi connectivity index (χ3n) is 4.38. The minimum atomic E-state index is -0.864. The summed E-state index contributed by atoms with van der Waals surface area (Å²) in [6.07, 6.45) is 10.5. The molecule has 0 aliphatic heterocycles. The van der Waals surface area contributed by atoms with Gasteiger partial charge in [0.2, 0.25) is 0 Å². The van der Waals surface area contributed by atoms with Crippen LogP contribution in [0.1, 0.15) is 63.0 Å². The van der Waals surface area contributed by atoms with E-state index >= 15 is 0 Å². The van der Waals surface area contributed by atoms with Crippen molar-refractivity contribution >= 4 is 17.0 Å². The molecule has 1 aromatic carbocycles. The summed E-state index contributed by atoms with van der Waals surface area (Å²) in [4.78, 5) is 0. The molecular formula is C19H34BrNO2. The number of halogens is 1. The average Bonchev–Trinajstić information content (AvgIpc) is 2.57. The Labute approximate surface area is 152 Å². The van der Waals surface area contributed by atoms with Crippen LogP contribution in [-0.4, -0.2) is 29.0 Å². The van der Waals surface area contributed by atoms with Crippen molar-refractivity contribution in [3.63, 3.8) is 0 Å². The number of aryl methyl sites for hydroxylation is 2. The van der Waals surface area contributed by atoms with Gasteiger partial charge >= 0.3 is 0 Å². The first-order chi connectivity index (χ1) is 10.6. The molecule has 0 aliphatic carbocycles. The van der Waals surface area contributed by atoms with Crippen molar-refractivity contribution in [2.24, 2.45) is 5.73 Å². The number of unbranched alkanes of at least 4 members (excludes halogenated alkanes) is 5. The maximum absolute atomic E-state index is 9.20. The van der Waals surface area contributed by atoms with Crippen LogP contribution < -0.4 is 5.73 Å². The van der Waals surface area contributed by atoms with E-state index in [1.54, 1.807) is 0 Å². The van der Waals surface area contributed by atoms with E-state index in [0.29, 0.717) is 6.42 Å². The van der Waals surface area contributed by atoms with Gasteiger partial charge in [0.15, 0.2) is 0 Å². The average molecular weight is 388 g/mol. The molecule has 0 atom stereocenters. The quantitative estimate of drug-likeness (QED) is 0.478. The minimum absolute atomic E-state index is 0. The standard InChI is InChI=1S/C19H33NO2.BrH/c1-2-3-4-5-6-7-8-17-9-11-18(12-10-17)13-14-19(20,15-21)16-22;/h9-12,21-22H,2-8,13-16,20H2,1H3;1H. The molecule has 0 saturated carbocycles. The molecule has 0 bridgehead atoms. The summed E-state index contributed by atoms with van der Waals surface area (Å²) >= 11 is 0. The van der Waals surface area contributed by atoms with E-state index in [4.69, 9.17) is 5.73 Å². The lowest BCUT2D eigenvalue weighted by atomic mass is 9.93. The van der Waals surface area contributed by atoms with Crippen LogP contribution in [0.2, 0.25) is 0 Å². The van der Waals surface area contributed by atoms with Crippen LogP contribution in [0.15, 0.2) is 24.3 Å². The van der Waals surface area contributed by atoms with Gasteiger partial charge in [0.25, 0.3) is 0 Å². The summed E-state index contributed by atoms with van der Waals surface area (Å²) in [7, 11) is 0. The maximum atomic E-state index is 9.20. The van der Waals surface area contributed by atoms with Gasteiger partial charge in [-0.1, -0.05) is 63.3 Å². The van der Waals surface area contributed by atoms with E-state index in [1.807, 2.05) is 0 Å². The van der Waals surface area contributed by atoms with E-state index in [9.17, 15) is 10.2 Å². The van der Waals surface area contributed by atoms with E-state index in [0.717, 1.165) is 12.8 Å².